The topological polar surface area (TPSA) is 72.5 Å². The molecule has 3 N–H and O–H groups in total. The fraction of sp³-hybridized carbons (Fsp3) is 0.167. The zero-order chi connectivity index (χ0) is 7.56. The molecule has 0 fully saturated rings. The Morgan fingerprint density at radius 2 is 2.50 bits per heavy atom. The Morgan fingerprint density at radius 3 is 2.90 bits per heavy atom. The van der Waals surface area contributed by atoms with E-state index in [2.05, 4.69) is 0 Å². The first kappa shape index (κ1) is 6.82. The molecular formula is C6H7NO3. The second kappa shape index (κ2) is 2.53. The Balaban J connectivity index is 2.80. The molecule has 1 heterocycles. The lowest BCUT2D eigenvalue weighted by Crippen LogP contribution is -2.29. The van der Waals surface area contributed by atoms with Gasteiger partial charge in [-0.05, 0) is 12.2 Å². The quantitative estimate of drug-likeness (QED) is 0.531. The number of hydrogen-bond acceptors (Lipinski definition) is 3. The van der Waals surface area contributed by atoms with Crippen molar-refractivity contribution >= 4 is 5.97 Å². The summed E-state index contributed by atoms with van der Waals surface area (Å²) in [5.41, 5.74) is 5.33. The summed E-state index contributed by atoms with van der Waals surface area (Å²) in [4.78, 5) is 10.3. The van der Waals surface area contributed by atoms with E-state index >= 15 is 0 Å². The molecule has 1 aliphatic rings. The molecule has 1 rings (SSSR count). The van der Waals surface area contributed by atoms with E-state index in [4.69, 9.17) is 15.6 Å². The summed E-state index contributed by atoms with van der Waals surface area (Å²) < 4.78 is 4.70. The van der Waals surface area contributed by atoms with Crippen LogP contribution in [0.2, 0.25) is 0 Å². The number of hydrogen-bond donors (Lipinski definition) is 2. The van der Waals surface area contributed by atoms with Crippen LogP contribution in [0.25, 0.3) is 0 Å². The molecule has 0 saturated carbocycles. The molecule has 0 aromatic rings. The summed E-state index contributed by atoms with van der Waals surface area (Å²) in [6, 6.07) is 0. The summed E-state index contributed by atoms with van der Waals surface area (Å²) >= 11 is 0. The van der Waals surface area contributed by atoms with Gasteiger partial charge in [-0.25, -0.2) is 4.79 Å². The van der Waals surface area contributed by atoms with Crippen molar-refractivity contribution < 1.29 is 14.6 Å². The van der Waals surface area contributed by atoms with E-state index in [1.807, 2.05) is 0 Å². The number of ether oxygens (including phenoxy) is 1. The van der Waals surface area contributed by atoms with Crippen molar-refractivity contribution in [1.29, 1.82) is 0 Å². The van der Waals surface area contributed by atoms with Crippen molar-refractivity contribution in [3.8, 4) is 0 Å². The summed E-state index contributed by atoms with van der Waals surface area (Å²) in [5, 5.41) is 8.45. The molecular weight excluding hydrogens is 134 g/mol. The maximum absolute atomic E-state index is 10.3. The Morgan fingerprint density at radius 1 is 1.80 bits per heavy atom. The zero-order valence-electron chi connectivity index (χ0n) is 5.15. The number of carbonyl (C=O) groups is 1. The molecule has 0 bridgehead atoms. The van der Waals surface area contributed by atoms with E-state index in [9.17, 15) is 4.79 Å². The van der Waals surface area contributed by atoms with Gasteiger partial charge in [-0.2, -0.15) is 0 Å². The van der Waals surface area contributed by atoms with E-state index in [0.29, 0.717) is 0 Å². The molecule has 0 saturated heterocycles. The number of nitrogens with two attached hydrogens (primary N) is 1. The maximum atomic E-state index is 10.3. The molecule has 0 spiro atoms. The highest BCUT2D eigenvalue weighted by Gasteiger charge is 2.17. The Bertz CT molecular complexity index is 207. The zero-order valence-corrected chi connectivity index (χ0v) is 5.15. The molecule has 1 unspecified atom stereocenters. The molecule has 4 heteroatoms. The van der Waals surface area contributed by atoms with Gasteiger partial charge < -0.3 is 9.84 Å². The van der Waals surface area contributed by atoms with E-state index in [1.54, 1.807) is 0 Å². The monoisotopic (exact) mass is 141 g/mol. The molecule has 0 radical (unpaired) electrons. The summed E-state index contributed by atoms with van der Waals surface area (Å²) in [7, 11) is 0. The Kier molecular flexibility index (Phi) is 1.73. The predicted molar refractivity (Wildman–Crippen MR) is 33.9 cm³/mol. The SMILES string of the molecule is NC1OC=CC=C1C(=O)O. The van der Waals surface area contributed by atoms with Crippen LogP contribution in [0.15, 0.2) is 24.0 Å². The van der Waals surface area contributed by atoms with Crippen LogP contribution in [0.1, 0.15) is 0 Å². The van der Waals surface area contributed by atoms with Gasteiger partial charge in [-0.15, -0.1) is 0 Å². The van der Waals surface area contributed by atoms with Crippen molar-refractivity contribution in [2.24, 2.45) is 5.73 Å². The standard InChI is InChI=1S/C6H7NO3/c7-5-4(6(8)9)2-1-3-10-5/h1-3,5H,7H2,(H,8,9). The molecule has 0 aliphatic carbocycles. The fourth-order valence-corrected chi connectivity index (χ4v) is 0.634. The van der Waals surface area contributed by atoms with Crippen LogP contribution in [0.3, 0.4) is 0 Å². The first-order chi connectivity index (χ1) is 4.72. The van der Waals surface area contributed by atoms with Gasteiger partial charge in [0.25, 0.3) is 0 Å². The molecule has 54 valence electrons. The highest BCUT2D eigenvalue weighted by molar-refractivity contribution is 5.88. The van der Waals surface area contributed by atoms with Gasteiger partial charge in [0.2, 0.25) is 0 Å². The van der Waals surface area contributed by atoms with Crippen molar-refractivity contribution in [2.45, 2.75) is 6.23 Å². The number of carboxylic acid groups (broad SMARTS) is 1. The van der Waals surface area contributed by atoms with Crippen LogP contribution in [0, 0.1) is 0 Å². The minimum absolute atomic E-state index is 0.0718. The number of rotatable bonds is 1. The van der Waals surface area contributed by atoms with Crippen LogP contribution in [0.5, 0.6) is 0 Å². The number of allylic oxidation sites excluding steroid dienone is 2. The lowest BCUT2D eigenvalue weighted by atomic mass is 10.2. The molecule has 10 heavy (non-hydrogen) atoms. The summed E-state index contributed by atoms with van der Waals surface area (Å²) in [5.74, 6) is -1.04. The van der Waals surface area contributed by atoms with Gasteiger partial charge in [0.1, 0.15) is 0 Å². The average molecular weight is 141 g/mol. The lowest BCUT2D eigenvalue weighted by molar-refractivity contribution is -0.133. The minimum atomic E-state index is -1.04. The highest BCUT2D eigenvalue weighted by Crippen LogP contribution is 2.07. The molecule has 1 aliphatic heterocycles. The van der Waals surface area contributed by atoms with Crippen LogP contribution in [-0.4, -0.2) is 17.3 Å². The third kappa shape index (κ3) is 1.16. The van der Waals surface area contributed by atoms with E-state index in [0.717, 1.165) is 0 Å². The number of aliphatic carboxylic acids is 1. The van der Waals surface area contributed by atoms with Gasteiger partial charge in [-0.3, -0.25) is 5.73 Å². The smallest absolute Gasteiger partial charge is 0.336 e. The van der Waals surface area contributed by atoms with E-state index < -0.39 is 12.2 Å². The van der Waals surface area contributed by atoms with Crippen molar-refractivity contribution in [3.63, 3.8) is 0 Å². The Labute approximate surface area is 57.6 Å². The third-order valence-electron chi connectivity index (χ3n) is 1.13. The maximum Gasteiger partial charge on any atom is 0.336 e. The van der Waals surface area contributed by atoms with Gasteiger partial charge in [-0.1, -0.05) is 0 Å². The fourth-order valence-electron chi connectivity index (χ4n) is 0.634. The largest absolute Gasteiger partial charge is 0.479 e. The van der Waals surface area contributed by atoms with Crippen LogP contribution >= 0.6 is 0 Å². The van der Waals surface area contributed by atoms with E-state index in [1.165, 1.54) is 18.4 Å². The summed E-state index contributed by atoms with van der Waals surface area (Å²) in [6.45, 7) is 0. The Hall–Kier alpha value is -1.29. The van der Waals surface area contributed by atoms with E-state index in [-0.39, 0.29) is 5.57 Å². The highest BCUT2D eigenvalue weighted by atomic mass is 16.5. The molecule has 0 amide bonds. The normalized spacial score (nSPS) is 23.3. The number of carboxylic acids is 1. The van der Waals surface area contributed by atoms with Gasteiger partial charge >= 0.3 is 5.97 Å². The third-order valence-corrected chi connectivity index (χ3v) is 1.13. The van der Waals surface area contributed by atoms with Crippen LogP contribution in [0.4, 0.5) is 0 Å². The first-order valence-electron chi connectivity index (χ1n) is 2.73. The van der Waals surface area contributed by atoms with Crippen molar-refractivity contribution in [1.82, 2.24) is 0 Å². The first-order valence-corrected chi connectivity index (χ1v) is 2.73. The van der Waals surface area contributed by atoms with Gasteiger partial charge in [0.05, 0.1) is 11.8 Å². The van der Waals surface area contributed by atoms with Gasteiger partial charge in [0.15, 0.2) is 6.23 Å². The second-order valence-electron chi connectivity index (χ2n) is 1.81. The predicted octanol–water partition coefficient (Wildman–Crippen LogP) is -0.174. The molecule has 0 aromatic heterocycles. The van der Waals surface area contributed by atoms with Crippen molar-refractivity contribution in [3.05, 3.63) is 24.0 Å². The molecule has 4 nitrogen and oxygen atoms in total. The molecule has 1 atom stereocenters. The average Bonchev–Trinajstić information content (AvgIpc) is 1.88. The minimum Gasteiger partial charge on any atom is -0.479 e. The summed E-state index contributed by atoms with van der Waals surface area (Å²) in [6.07, 6.45) is 3.43. The molecule has 0 aromatic carbocycles. The second-order valence-corrected chi connectivity index (χ2v) is 1.81. The lowest BCUT2D eigenvalue weighted by Gasteiger charge is -2.13. The van der Waals surface area contributed by atoms with Crippen LogP contribution < -0.4 is 5.73 Å². The van der Waals surface area contributed by atoms with Crippen molar-refractivity contribution in [2.75, 3.05) is 0 Å². The van der Waals surface area contributed by atoms with Gasteiger partial charge in [0, 0.05) is 0 Å². The van der Waals surface area contributed by atoms with Crippen LogP contribution in [-0.2, 0) is 9.53 Å².